The zero-order valence-electron chi connectivity index (χ0n) is 8.29. The van der Waals surface area contributed by atoms with Gasteiger partial charge < -0.3 is 0 Å². The maximum atomic E-state index is 5.66. The van der Waals surface area contributed by atoms with Gasteiger partial charge in [-0.2, -0.15) is 0 Å². The summed E-state index contributed by atoms with van der Waals surface area (Å²) in [5, 5.41) is 0. The first-order valence-electron chi connectivity index (χ1n) is 4.27. The minimum atomic E-state index is 0.120. The molecule has 0 fully saturated rings. The van der Waals surface area contributed by atoms with Crippen molar-refractivity contribution in [2.45, 2.75) is 31.2 Å². The minimum Gasteiger partial charge on any atom is -0.255 e. The number of benzene rings is 1. The van der Waals surface area contributed by atoms with Crippen molar-refractivity contribution in [3.63, 3.8) is 0 Å². The Morgan fingerprint density at radius 3 is 2.54 bits per heavy atom. The van der Waals surface area contributed by atoms with Crippen molar-refractivity contribution in [3.8, 4) is 0 Å². The molecule has 2 radical (unpaired) electrons. The fourth-order valence-electron chi connectivity index (χ4n) is 0.790. The van der Waals surface area contributed by atoms with E-state index in [0.29, 0.717) is 0 Å². The number of nitrogens with one attached hydrogen (secondary N) is 1. The van der Waals surface area contributed by atoms with Crippen LogP contribution in [0.3, 0.4) is 0 Å². The highest BCUT2D eigenvalue weighted by Gasteiger charge is 2.08. The van der Waals surface area contributed by atoms with Gasteiger partial charge in [0.25, 0.3) is 0 Å². The van der Waals surface area contributed by atoms with Crippen LogP contribution in [0, 0.1) is 0 Å². The predicted molar refractivity (Wildman–Crippen MR) is 60.6 cm³/mol. The van der Waals surface area contributed by atoms with Gasteiger partial charge in [-0.3, -0.25) is 4.72 Å². The van der Waals surface area contributed by atoms with E-state index in [1.54, 1.807) is 11.9 Å². The summed E-state index contributed by atoms with van der Waals surface area (Å²) in [5.41, 5.74) is 0.927. The van der Waals surface area contributed by atoms with Crippen LogP contribution in [0.2, 0.25) is 0 Å². The lowest BCUT2D eigenvalue weighted by Gasteiger charge is -2.19. The second kappa shape index (κ2) is 4.20. The summed E-state index contributed by atoms with van der Waals surface area (Å²) in [6, 6.07) is 7.85. The third-order valence-corrected chi connectivity index (χ3v) is 2.54. The summed E-state index contributed by atoms with van der Waals surface area (Å²) in [6.07, 6.45) is 0. The lowest BCUT2D eigenvalue weighted by molar-refractivity contribution is 0.535. The highest BCUT2D eigenvalue weighted by atomic mass is 32.2. The molecule has 0 aromatic heterocycles. The summed E-state index contributed by atoms with van der Waals surface area (Å²) < 4.78 is 3.33. The Morgan fingerprint density at radius 2 is 2.00 bits per heavy atom. The Kier molecular flexibility index (Phi) is 3.45. The Hall–Kier alpha value is -0.405. The lowest BCUT2D eigenvalue weighted by atomic mass is 9.97. The first-order valence-corrected chi connectivity index (χ1v) is 5.08. The SMILES string of the molecule is [B]c1cccc(SNC(C)(C)C)c1. The van der Waals surface area contributed by atoms with E-state index < -0.39 is 0 Å². The normalized spacial score (nSPS) is 11.6. The third kappa shape index (κ3) is 4.39. The molecular formula is C10H14BNS. The van der Waals surface area contributed by atoms with Crippen LogP contribution < -0.4 is 10.2 Å². The standard InChI is InChI=1S/C10H14BNS/c1-10(2,3)12-13-9-6-4-5-8(11)7-9/h4-7,12H,1-3H3. The largest absolute Gasteiger partial charge is 0.255 e. The third-order valence-electron chi connectivity index (χ3n) is 1.33. The zero-order valence-corrected chi connectivity index (χ0v) is 9.11. The lowest BCUT2D eigenvalue weighted by Crippen LogP contribution is -2.29. The maximum Gasteiger partial charge on any atom is 0.113 e. The minimum absolute atomic E-state index is 0.120. The van der Waals surface area contributed by atoms with Crippen molar-refractivity contribution in [2.24, 2.45) is 0 Å². The molecule has 0 saturated carbocycles. The van der Waals surface area contributed by atoms with E-state index in [9.17, 15) is 0 Å². The molecule has 0 aliphatic rings. The van der Waals surface area contributed by atoms with Crippen molar-refractivity contribution in [2.75, 3.05) is 0 Å². The molecule has 0 atom stereocenters. The van der Waals surface area contributed by atoms with Gasteiger partial charge in [0.15, 0.2) is 0 Å². The van der Waals surface area contributed by atoms with Crippen molar-refractivity contribution in [1.82, 2.24) is 4.72 Å². The Bertz CT molecular complexity index is 280. The quantitative estimate of drug-likeness (QED) is 0.565. The predicted octanol–water partition coefficient (Wildman–Crippen LogP) is 1.88. The van der Waals surface area contributed by atoms with Gasteiger partial charge in [0, 0.05) is 10.4 Å². The molecule has 0 aliphatic carbocycles. The topological polar surface area (TPSA) is 12.0 Å². The van der Waals surface area contributed by atoms with Gasteiger partial charge in [-0.1, -0.05) is 23.7 Å². The van der Waals surface area contributed by atoms with Crippen LogP contribution in [0.5, 0.6) is 0 Å². The first-order chi connectivity index (χ1) is 5.97. The highest BCUT2D eigenvalue weighted by Crippen LogP contribution is 2.16. The van der Waals surface area contributed by atoms with Crippen LogP contribution in [0.1, 0.15) is 20.8 Å². The van der Waals surface area contributed by atoms with Gasteiger partial charge in [-0.25, -0.2) is 0 Å². The molecule has 0 unspecified atom stereocenters. The Morgan fingerprint density at radius 1 is 1.31 bits per heavy atom. The average molecular weight is 191 g/mol. The number of hydrogen-bond donors (Lipinski definition) is 1. The first kappa shape index (κ1) is 10.7. The van der Waals surface area contributed by atoms with E-state index in [4.69, 9.17) is 7.85 Å². The van der Waals surface area contributed by atoms with Crippen molar-refractivity contribution < 1.29 is 0 Å². The van der Waals surface area contributed by atoms with Crippen LogP contribution in [-0.2, 0) is 0 Å². The van der Waals surface area contributed by atoms with E-state index in [1.807, 2.05) is 24.3 Å². The second-order valence-corrected chi connectivity index (χ2v) is 4.91. The summed E-state index contributed by atoms with van der Waals surface area (Å²) in [6.45, 7) is 6.39. The number of rotatable bonds is 2. The second-order valence-electron chi connectivity index (χ2n) is 4.03. The van der Waals surface area contributed by atoms with E-state index in [0.717, 1.165) is 10.4 Å². The van der Waals surface area contributed by atoms with Crippen molar-refractivity contribution >= 4 is 25.3 Å². The van der Waals surface area contributed by atoms with Gasteiger partial charge in [0.1, 0.15) is 7.85 Å². The van der Waals surface area contributed by atoms with Crippen LogP contribution in [0.4, 0.5) is 0 Å². The summed E-state index contributed by atoms with van der Waals surface area (Å²) in [7, 11) is 5.66. The summed E-state index contributed by atoms with van der Waals surface area (Å²) in [5.74, 6) is 0. The van der Waals surface area contributed by atoms with E-state index in [-0.39, 0.29) is 5.54 Å². The highest BCUT2D eigenvalue weighted by molar-refractivity contribution is 7.97. The molecule has 0 aliphatic heterocycles. The molecular weight excluding hydrogens is 177 g/mol. The summed E-state index contributed by atoms with van der Waals surface area (Å²) in [4.78, 5) is 1.15. The van der Waals surface area contributed by atoms with Gasteiger partial charge in [0.2, 0.25) is 0 Å². The monoisotopic (exact) mass is 191 g/mol. The van der Waals surface area contributed by atoms with Gasteiger partial charge in [-0.15, -0.1) is 0 Å². The Labute approximate surface area is 85.9 Å². The van der Waals surface area contributed by atoms with E-state index in [1.165, 1.54) is 0 Å². The fraction of sp³-hybridized carbons (Fsp3) is 0.400. The maximum absolute atomic E-state index is 5.66. The molecule has 0 amide bonds. The van der Waals surface area contributed by atoms with Gasteiger partial charge in [0.05, 0.1) is 0 Å². The zero-order chi connectivity index (χ0) is 9.90. The molecule has 0 saturated heterocycles. The summed E-state index contributed by atoms with van der Waals surface area (Å²) >= 11 is 1.61. The van der Waals surface area contributed by atoms with Gasteiger partial charge >= 0.3 is 0 Å². The molecule has 1 nitrogen and oxygen atoms in total. The smallest absolute Gasteiger partial charge is 0.113 e. The molecule has 3 heteroatoms. The van der Waals surface area contributed by atoms with Crippen LogP contribution in [-0.4, -0.2) is 13.4 Å². The molecule has 1 rings (SSSR count). The van der Waals surface area contributed by atoms with Crippen LogP contribution >= 0.6 is 11.9 Å². The number of hydrogen-bond acceptors (Lipinski definition) is 2. The molecule has 0 spiro atoms. The molecule has 0 bridgehead atoms. The van der Waals surface area contributed by atoms with Crippen molar-refractivity contribution in [3.05, 3.63) is 24.3 Å². The fourth-order valence-corrected chi connectivity index (χ4v) is 1.56. The average Bonchev–Trinajstić information content (AvgIpc) is 2.00. The molecule has 1 aromatic carbocycles. The molecule has 0 heterocycles. The van der Waals surface area contributed by atoms with Gasteiger partial charge in [-0.05, 0) is 38.8 Å². The van der Waals surface area contributed by atoms with Crippen LogP contribution in [0.15, 0.2) is 29.2 Å². The van der Waals surface area contributed by atoms with Crippen LogP contribution in [0.25, 0.3) is 0 Å². The Balaban J connectivity index is 2.55. The van der Waals surface area contributed by atoms with Crippen molar-refractivity contribution in [1.29, 1.82) is 0 Å². The molecule has 68 valence electrons. The molecule has 13 heavy (non-hydrogen) atoms. The van der Waals surface area contributed by atoms with E-state index in [2.05, 4.69) is 25.5 Å². The molecule has 1 N–H and O–H groups in total. The van der Waals surface area contributed by atoms with E-state index >= 15 is 0 Å². The molecule has 1 aromatic rings.